The summed E-state index contributed by atoms with van der Waals surface area (Å²) in [6.07, 6.45) is 0.474. The minimum Gasteiger partial charge on any atom is -0.459 e. The molecule has 0 saturated carbocycles. The number of hydrogen-bond donors (Lipinski definition) is 2. The van der Waals surface area contributed by atoms with Crippen LogP contribution in [-0.4, -0.2) is 39.4 Å². The van der Waals surface area contributed by atoms with Crippen molar-refractivity contribution in [2.45, 2.75) is 24.9 Å². The van der Waals surface area contributed by atoms with Crippen LogP contribution in [0.5, 0.6) is 0 Å². The topological polar surface area (TPSA) is 111 Å². The van der Waals surface area contributed by atoms with Gasteiger partial charge in [0.25, 0.3) is 5.56 Å². The number of carbonyl (C=O) groups excluding carboxylic acids is 1. The zero-order chi connectivity index (χ0) is 19.4. The largest absolute Gasteiger partial charge is 0.459 e. The molecule has 8 nitrogen and oxygen atoms in total. The summed E-state index contributed by atoms with van der Waals surface area (Å²) in [5.41, 5.74) is -0.530. The van der Waals surface area contributed by atoms with Crippen LogP contribution in [0.3, 0.4) is 0 Å². The fourth-order valence-corrected chi connectivity index (χ4v) is 3.04. The molecule has 9 heteroatoms. The first-order chi connectivity index (χ1) is 13.0. The van der Waals surface area contributed by atoms with Crippen LogP contribution in [0, 0.1) is 0 Å². The summed E-state index contributed by atoms with van der Waals surface area (Å²) in [6, 6.07) is 8.46. The quantitative estimate of drug-likeness (QED) is 0.685. The first-order valence-electron chi connectivity index (χ1n) is 8.17. The van der Waals surface area contributed by atoms with Gasteiger partial charge in [-0.25, -0.2) is 9.59 Å². The molecule has 0 bridgehead atoms. The van der Waals surface area contributed by atoms with Crippen LogP contribution < -0.4 is 11.2 Å². The molecule has 142 valence electrons. The maximum atomic E-state index is 12.1. The van der Waals surface area contributed by atoms with E-state index < -0.39 is 35.7 Å². The highest BCUT2D eigenvalue weighted by Gasteiger charge is 2.36. The molecule has 0 radical (unpaired) electrons. The maximum absolute atomic E-state index is 12.1. The zero-order valence-electron chi connectivity index (χ0n) is 14.1. The van der Waals surface area contributed by atoms with E-state index in [4.69, 9.17) is 9.47 Å². The molecule has 1 fully saturated rings. The van der Waals surface area contributed by atoms with Crippen molar-refractivity contribution in [1.82, 2.24) is 9.55 Å². The molecule has 2 aromatic rings. The third kappa shape index (κ3) is 4.44. The summed E-state index contributed by atoms with van der Waals surface area (Å²) in [5.74, 6) is -0.527. The lowest BCUT2D eigenvalue weighted by molar-refractivity contribution is -0.0532. The van der Waals surface area contributed by atoms with E-state index in [0.29, 0.717) is 5.56 Å². The molecule has 1 aromatic heterocycles. The van der Waals surface area contributed by atoms with E-state index in [2.05, 4.69) is 20.9 Å². The molecule has 0 amide bonds. The van der Waals surface area contributed by atoms with Crippen molar-refractivity contribution in [3.05, 3.63) is 73.5 Å². The van der Waals surface area contributed by atoms with E-state index in [1.807, 2.05) is 0 Å². The number of benzene rings is 1. The molecular weight excluding hydrogens is 420 g/mol. The van der Waals surface area contributed by atoms with Crippen LogP contribution in [0.4, 0.5) is 0 Å². The van der Waals surface area contributed by atoms with Crippen LogP contribution in [0.2, 0.25) is 0 Å². The highest BCUT2D eigenvalue weighted by Crippen LogP contribution is 2.28. The average molecular weight is 437 g/mol. The van der Waals surface area contributed by atoms with Gasteiger partial charge in [-0.05, 0) is 23.2 Å². The maximum Gasteiger partial charge on any atom is 0.338 e. The highest BCUT2D eigenvalue weighted by molar-refractivity contribution is 9.11. The highest BCUT2D eigenvalue weighted by atomic mass is 79.9. The molecule has 27 heavy (non-hydrogen) atoms. The van der Waals surface area contributed by atoms with Gasteiger partial charge in [0.1, 0.15) is 18.9 Å². The van der Waals surface area contributed by atoms with E-state index in [1.165, 1.54) is 21.8 Å². The van der Waals surface area contributed by atoms with Gasteiger partial charge in [0, 0.05) is 12.6 Å². The zero-order valence-corrected chi connectivity index (χ0v) is 15.7. The average Bonchev–Trinajstić information content (AvgIpc) is 3.03. The van der Waals surface area contributed by atoms with Gasteiger partial charge in [0.2, 0.25) is 0 Å². The lowest BCUT2D eigenvalue weighted by atomic mass is 10.2. The number of H-pyrrole nitrogens is 1. The Labute approximate surface area is 162 Å². The van der Waals surface area contributed by atoms with Crippen molar-refractivity contribution in [3.63, 3.8) is 0 Å². The molecule has 2 N–H and O–H groups in total. The number of halogens is 1. The van der Waals surface area contributed by atoms with E-state index in [9.17, 15) is 19.5 Å². The van der Waals surface area contributed by atoms with Crippen LogP contribution in [0.15, 0.2) is 51.1 Å². The lowest BCUT2D eigenvalue weighted by Crippen LogP contribution is -2.33. The molecule has 2 heterocycles. The number of nitrogens with one attached hydrogen (secondary N) is 1. The van der Waals surface area contributed by atoms with Crippen molar-refractivity contribution in [2.24, 2.45) is 0 Å². The second kappa shape index (κ2) is 8.47. The van der Waals surface area contributed by atoms with Crippen molar-refractivity contribution in [3.8, 4) is 0 Å². The Balaban J connectivity index is 1.70. The normalized spacial score (nSPS) is 22.2. The Bertz CT molecular complexity index is 952. The summed E-state index contributed by atoms with van der Waals surface area (Å²) < 4.78 is 12.1. The van der Waals surface area contributed by atoms with Gasteiger partial charge < -0.3 is 14.6 Å². The van der Waals surface area contributed by atoms with Gasteiger partial charge in [-0.1, -0.05) is 34.1 Å². The number of hydrogen-bond acceptors (Lipinski definition) is 6. The van der Waals surface area contributed by atoms with Crippen molar-refractivity contribution in [2.75, 3.05) is 6.61 Å². The molecular formula is C18H17BrN2O6. The van der Waals surface area contributed by atoms with Gasteiger partial charge in [0.05, 0.1) is 17.2 Å². The van der Waals surface area contributed by atoms with Gasteiger partial charge in [-0.3, -0.25) is 14.3 Å². The van der Waals surface area contributed by atoms with Crippen LogP contribution >= 0.6 is 15.9 Å². The molecule has 1 aromatic carbocycles. The number of esters is 1. The second-order valence-electron chi connectivity index (χ2n) is 5.94. The lowest BCUT2D eigenvalue weighted by Gasteiger charge is -2.16. The van der Waals surface area contributed by atoms with Gasteiger partial charge in [0.15, 0.2) is 0 Å². The Morgan fingerprint density at radius 1 is 1.37 bits per heavy atom. The number of aromatic amines is 1. The number of aromatic nitrogens is 2. The molecule has 0 unspecified atom stereocenters. The Morgan fingerprint density at radius 3 is 2.81 bits per heavy atom. The number of rotatable bonds is 5. The fourth-order valence-electron chi connectivity index (χ4n) is 2.75. The molecule has 1 aliphatic rings. The van der Waals surface area contributed by atoms with E-state index in [1.54, 1.807) is 30.3 Å². The van der Waals surface area contributed by atoms with Crippen molar-refractivity contribution < 1.29 is 19.4 Å². The van der Waals surface area contributed by atoms with E-state index in [0.717, 1.165) is 0 Å². The smallest absolute Gasteiger partial charge is 0.338 e. The monoisotopic (exact) mass is 436 g/mol. The van der Waals surface area contributed by atoms with Crippen molar-refractivity contribution >= 4 is 28.0 Å². The number of nitrogens with zero attached hydrogens (tertiary/aromatic N) is 1. The van der Waals surface area contributed by atoms with Crippen molar-refractivity contribution in [1.29, 1.82) is 0 Å². The standard InChI is InChI=1S/C18H17BrN2O6/c19-7-6-12-9-21(18(25)20-16(12)23)15-8-13(22)14(27-15)10-26-17(24)11-4-2-1-3-5-11/h1-7,9,13-15,22H,8,10H2,(H,20,23,25)/b7-6+/t13-,14+,15+/m0/s1. The molecule has 1 saturated heterocycles. The summed E-state index contributed by atoms with van der Waals surface area (Å²) in [5, 5.41) is 10.2. The van der Waals surface area contributed by atoms with E-state index >= 15 is 0 Å². The third-order valence-electron chi connectivity index (χ3n) is 4.14. The second-order valence-corrected chi connectivity index (χ2v) is 6.47. The Hall–Kier alpha value is -2.49. The minimum atomic E-state index is -0.924. The number of carbonyl (C=O) groups is 1. The first kappa shape index (κ1) is 19.3. The van der Waals surface area contributed by atoms with Gasteiger partial charge in [-0.2, -0.15) is 0 Å². The van der Waals surface area contributed by atoms with Crippen LogP contribution in [-0.2, 0) is 9.47 Å². The molecule has 0 aliphatic carbocycles. The SMILES string of the molecule is O=C(OC[C@H]1O[C@@H](n2cc(/C=C/Br)c(=O)[nH]c2=O)C[C@@H]1O)c1ccccc1. The fraction of sp³-hybridized carbons (Fsp3) is 0.278. The Kier molecular flexibility index (Phi) is 6.04. The number of ether oxygens (including phenoxy) is 2. The predicted octanol–water partition coefficient (Wildman–Crippen LogP) is 1.41. The van der Waals surface area contributed by atoms with Crippen LogP contribution in [0.1, 0.15) is 28.6 Å². The molecule has 1 aliphatic heterocycles. The number of aliphatic hydroxyl groups excluding tert-OH is 1. The Morgan fingerprint density at radius 2 is 2.11 bits per heavy atom. The molecule has 3 atom stereocenters. The van der Waals surface area contributed by atoms with Gasteiger partial charge >= 0.3 is 11.7 Å². The summed E-state index contributed by atoms with van der Waals surface area (Å²) in [4.78, 5) is 39.5. The molecule has 3 rings (SSSR count). The van der Waals surface area contributed by atoms with E-state index in [-0.39, 0.29) is 18.6 Å². The minimum absolute atomic E-state index is 0.122. The predicted molar refractivity (Wildman–Crippen MR) is 101 cm³/mol. The van der Waals surface area contributed by atoms with Crippen LogP contribution in [0.25, 0.3) is 6.08 Å². The summed E-state index contributed by atoms with van der Waals surface area (Å²) in [7, 11) is 0. The third-order valence-corrected chi connectivity index (χ3v) is 4.40. The first-order valence-corrected chi connectivity index (χ1v) is 9.09. The summed E-state index contributed by atoms with van der Waals surface area (Å²) >= 11 is 3.08. The van der Waals surface area contributed by atoms with Gasteiger partial charge in [-0.15, -0.1) is 0 Å². The molecule has 0 spiro atoms. The summed E-state index contributed by atoms with van der Waals surface area (Å²) in [6.45, 7) is -0.155. The number of aliphatic hydroxyl groups is 1.